The lowest BCUT2D eigenvalue weighted by Crippen LogP contribution is -2.55. The molecule has 0 heterocycles. The lowest BCUT2D eigenvalue weighted by molar-refractivity contribution is -0.151. The SMILES string of the molecule is COC(=O)CC[C@@H](C)[C@H]1CC[C@H]2[C@@H]3C(=O)C[C@@H]4C=CCC[C@]4(C)[C@H]3CC[C@]12C. The number of methoxy groups -OCH3 is 1. The number of esters is 1. The highest BCUT2D eigenvalue weighted by atomic mass is 16.5. The maximum atomic E-state index is 13.3. The van der Waals surface area contributed by atoms with Gasteiger partial charge in [0.15, 0.2) is 0 Å². The lowest BCUT2D eigenvalue weighted by atomic mass is 9.45. The molecule has 3 nitrogen and oxygen atoms in total. The van der Waals surface area contributed by atoms with E-state index >= 15 is 0 Å². The number of Topliss-reactive ketones (excluding diaryl/α,β-unsaturated/α-hetero) is 1. The molecule has 156 valence electrons. The van der Waals surface area contributed by atoms with Gasteiger partial charge < -0.3 is 4.74 Å². The van der Waals surface area contributed by atoms with Crippen molar-refractivity contribution in [3.05, 3.63) is 12.2 Å². The summed E-state index contributed by atoms with van der Waals surface area (Å²) in [6.07, 6.45) is 14.2. The first-order chi connectivity index (χ1) is 13.3. The molecule has 0 aromatic carbocycles. The quantitative estimate of drug-likeness (QED) is 0.468. The van der Waals surface area contributed by atoms with E-state index in [1.54, 1.807) is 0 Å². The van der Waals surface area contributed by atoms with Gasteiger partial charge in [-0.2, -0.15) is 0 Å². The summed E-state index contributed by atoms with van der Waals surface area (Å²) in [6.45, 7) is 7.28. The minimum Gasteiger partial charge on any atom is -0.469 e. The Balaban J connectivity index is 1.55. The molecular formula is C25H38O3. The highest BCUT2D eigenvalue weighted by Gasteiger charge is 2.62. The highest BCUT2D eigenvalue weighted by molar-refractivity contribution is 5.83. The summed E-state index contributed by atoms with van der Waals surface area (Å²) in [5.74, 6) is 3.48. The second-order valence-electron chi connectivity index (χ2n) is 10.8. The van der Waals surface area contributed by atoms with Crippen molar-refractivity contribution < 1.29 is 14.3 Å². The van der Waals surface area contributed by atoms with Crippen LogP contribution in [-0.2, 0) is 14.3 Å². The first-order valence-corrected chi connectivity index (χ1v) is 11.6. The van der Waals surface area contributed by atoms with E-state index in [0.29, 0.717) is 47.2 Å². The standard InChI is InChI=1S/C25H38O3/c1-16(8-11-22(27)28-4)18-9-10-19-23-20(12-14-25(18,19)3)24(2)13-6-5-7-17(24)15-21(23)26/h5,7,16-20,23H,6,8-15H2,1-4H3/t16-,17+,18-,19+,20+,23+,24+,25-/m1/s1. The predicted molar refractivity (Wildman–Crippen MR) is 111 cm³/mol. The number of hydrogen-bond acceptors (Lipinski definition) is 3. The summed E-state index contributed by atoms with van der Waals surface area (Å²) < 4.78 is 4.85. The van der Waals surface area contributed by atoms with Crippen LogP contribution in [0.1, 0.15) is 78.6 Å². The number of carbonyl (C=O) groups excluding carboxylic acids is 2. The Bertz CT molecular complexity index is 667. The molecule has 0 aromatic rings. The summed E-state index contributed by atoms with van der Waals surface area (Å²) in [5.41, 5.74) is 0.587. The number of hydrogen-bond donors (Lipinski definition) is 0. The third kappa shape index (κ3) is 2.99. The Kier molecular flexibility index (Phi) is 5.25. The van der Waals surface area contributed by atoms with Crippen molar-refractivity contribution in [2.45, 2.75) is 78.6 Å². The first kappa shape index (κ1) is 20.2. The summed E-state index contributed by atoms with van der Waals surface area (Å²) in [7, 11) is 1.48. The molecule has 4 rings (SSSR count). The van der Waals surface area contributed by atoms with Gasteiger partial charge >= 0.3 is 5.97 Å². The molecule has 0 aliphatic heterocycles. The monoisotopic (exact) mass is 386 g/mol. The summed E-state index contributed by atoms with van der Waals surface area (Å²) in [5, 5.41) is 0. The van der Waals surface area contributed by atoms with Gasteiger partial charge in [-0.1, -0.05) is 32.9 Å². The van der Waals surface area contributed by atoms with Crippen LogP contribution in [0.5, 0.6) is 0 Å². The average Bonchev–Trinajstić information content (AvgIpc) is 3.03. The number of carbonyl (C=O) groups is 2. The van der Waals surface area contributed by atoms with E-state index in [1.807, 2.05) is 0 Å². The molecule has 4 aliphatic carbocycles. The molecule has 0 bridgehead atoms. The zero-order valence-corrected chi connectivity index (χ0v) is 18.2. The smallest absolute Gasteiger partial charge is 0.305 e. The Hall–Kier alpha value is -1.12. The van der Waals surface area contributed by atoms with Crippen molar-refractivity contribution in [3.63, 3.8) is 0 Å². The average molecular weight is 387 g/mol. The van der Waals surface area contributed by atoms with Gasteiger partial charge in [0.05, 0.1) is 7.11 Å². The van der Waals surface area contributed by atoms with Crippen LogP contribution < -0.4 is 0 Å². The van der Waals surface area contributed by atoms with E-state index in [2.05, 4.69) is 32.9 Å². The van der Waals surface area contributed by atoms with E-state index in [4.69, 9.17) is 4.74 Å². The molecule has 0 saturated heterocycles. The minimum atomic E-state index is -0.0953. The molecule has 0 unspecified atom stereocenters. The fourth-order valence-corrected chi connectivity index (χ4v) is 8.13. The van der Waals surface area contributed by atoms with Crippen molar-refractivity contribution in [2.75, 3.05) is 7.11 Å². The maximum Gasteiger partial charge on any atom is 0.305 e. The fraction of sp³-hybridized carbons (Fsp3) is 0.840. The van der Waals surface area contributed by atoms with Crippen molar-refractivity contribution in [1.82, 2.24) is 0 Å². The second kappa shape index (κ2) is 7.29. The fourth-order valence-electron chi connectivity index (χ4n) is 8.13. The summed E-state index contributed by atoms with van der Waals surface area (Å²) in [4.78, 5) is 25.0. The molecule has 3 fully saturated rings. The molecule has 3 saturated carbocycles. The van der Waals surface area contributed by atoms with Crippen LogP contribution in [0.25, 0.3) is 0 Å². The molecule has 28 heavy (non-hydrogen) atoms. The number of fused-ring (bicyclic) bond motifs is 5. The van der Waals surface area contributed by atoms with E-state index in [1.165, 1.54) is 45.6 Å². The van der Waals surface area contributed by atoms with Gasteiger partial charge in [-0.25, -0.2) is 0 Å². The molecule has 8 atom stereocenters. The highest BCUT2D eigenvalue weighted by Crippen LogP contribution is 2.67. The van der Waals surface area contributed by atoms with Crippen LogP contribution in [0.15, 0.2) is 12.2 Å². The number of ketones is 1. The second-order valence-corrected chi connectivity index (χ2v) is 10.8. The maximum absolute atomic E-state index is 13.3. The molecule has 0 N–H and O–H groups in total. The van der Waals surface area contributed by atoms with Crippen LogP contribution in [0.3, 0.4) is 0 Å². The van der Waals surface area contributed by atoms with Crippen LogP contribution in [-0.4, -0.2) is 18.9 Å². The van der Waals surface area contributed by atoms with Gasteiger partial charge in [-0.15, -0.1) is 0 Å². The number of rotatable bonds is 4. The number of allylic oxidation sites excluding steroid dienone is 2. The third-order valence-electron chi connectivity index (χ3n) is 9.77. The summed E-state index contributed by atoms with van der Waals surface area (Å²) >= 11 is 0. The van der Waals surface area contributed by atoms with E-state index in [0.717, 1.165) is 12.8 Å². The Morgan fingerprint density at radius 3 is 2.68 bits per heavy atom. The van der Waals surface area contributed by atoms with E-state index in [-0.39, 0.29) is 17.3 Å². The molecular weight excluding hydrogens is 348 g/mol. The van der Waals surface area contributed by atoms with Crippen molar-refractivity contribution in [1.29, 1.82) is 0 Å². The Morgan fingerprint density at radius 1 is 1.18 bits per heavy atom. The van der Waals surface area contributed by atoms with Gasteiger partial charge in [0.25, 0.3) is 0 Å². The normalized spacial score (nSPS) is 45.7. The molecule has 0 aromatic heterocycles. The van der Waals surface area contributed by atoms with Gasteiger partial charge in [-0.3, -0.25) is 9.59 Å². The van der Waals surface area contributed by atoms with Crippen LogP contribution in [0, 0.1) is 46.3 Å². The summed E-state index contributed by atoms with van der Waals surface area (Å²) in [6, 6.07) is 0. The molecule has 4 aliphatic rings. The van der Waals surface area contributed by atoms with E-state index in [9.17, 15) is 9.59 Å². The van der Waals surface area contributed by atoms with Gasteiger partial charge in [0, 0.05) is 18.8 Å². The van der Waals surface area contributed by atoms with Crippen molar-refractivity contribution >= 4 is 11.8 Å². The van der Waals surface area contributed by atoms with Gasteiger partial charge in [0.2, 0.25) is 0 Å². The molecule has 0 spiro atoms. The zero-order chi connectivity index (χ0) is 20.1. The van der Waals surface area contributed by atoms with Crippen LogP contribution >= 0.6 is 0 Å². The third-order valence-corrected chi connectivity index (χ3v) is 9.77. The zero-order valence-electron chi connectivity index (χ0n) is 18.2. The molecule has 3 heteroatoms. The minimum absolute atomic E-state index is 0.0953. The lowest BCUT2D eigenvalue weighted by Gasteiger charge is -2.59. The molecule has 0 radical (unpaired) electrons. The Labute approximate surface area is 170 Å². The Morgan fingerprint density at radius 2 is 1.93 bits per heavy atom. The van der Waals surface area contributed by atoms with Crippen LogP contribution in [0.4, 0.5) is 0 Å². The van der Waals surface area contributed by atoms with Crippen molar-refractivity contribution in [3.8, 4) is 0 Å². The van der Waals surface area contributed by atoms with E-state index < -0.39 is 0 Å². The largest absolute Gasteiger partial charge is 0.469 e. The topological polar surface area (TPSA) is 43.4 Å². The van der Waals surface area contributed by atoms with Crippen LogP contribution in [0.2, 0.25) is 0 Å². The predicted octanol–water partition coefficient (Wildman–Crippen LogP) is 5.58. The number of ether oxygens (including phenoxy) is 1. The van der Waals surface area contributed by atoms with Gasteiger partial charge in [0.1, 0.15) is 5.78 Å². The molecule has 0 amide bonds. The first-order valence-electron chi connectivity index (χ1n) is 11.6. The van der Waals surface area contributed by atoms with Crippen molar-refractivity contribution in [2.24, 2.45) is 46.3 Å². The van der Waals surface area contributed by atoms with Gasteiger partial charge in [-0.05, 0) is 85.4 Å².